The Balaban J connectivity index is 1.63. The smallest absolute Gasteiger partial charge is 0.264 e. The molecule has 0 spiro atoms. The van der Waals surface area contributed by atoms with Gasteiger partial charge in [0.1, 0.15) is 18.3 Å². The van der Waals surface area contributed by atoms with E-state index in [-0.39, 0.29) is 13.2 Å². The van der Waals surface area contributed by atoms with Gasteiger partial charge in [-0.3, -0.25) is 8.37 Å². The third-order valence-electron chi connectivity index (χ3n) is 5.18. The molecule has 34 heavy (non-hydrogen) atoms. The van der Waals surface area contributed by atoms with Crippen molar-refractivity contribution in [2.45, 2.75) is 43.6 Å². The highest BCUT2D eigenvalue weighted by Crippen LogP contribution is 2.37. The molecule has 0 N–H and O–H groups in total. The molecule has 2 aromatic carbocycles. The highest BCUT2D eigenvalue weighted by molar-refractivity contribution is 7.86. The van der Waals surface area contributed by atoms with Crippen molar-refractivity contribution in [2.24, 2.45) is 0 Å². The third-order valence-corrected chi connectivity index (χ3v) is 6.33. The zero-order chi connectivity index (χ0) is 24.3. The monoisotopic (exact) mass is 514 g/mol. The zero-order valence-corrected chi connectivity index (χ0v) is 20.2. The molecule has 186 valence electrons. The minimum atomic E-state index is -4.05. The maximum Gasteiger partial charge on any atom is 0.264 e. The van der Waals surface area contributed by atoms with E-state index in [2.05, 4.69) is 0 Å². The van der Waals surface area contributed by atoms with Crippen LogP contribution in [0, 0.1) is 0 Å². The number of fused-ring (bicyclic) bond motifs is 1. The summed E-state index contributed by atoms with van der Waals surface area (Å²) >= 11 is 0. The van der Waals surface area contributed by atoms with Crippen LogP contribution in [0.25, 0.3) is 0 Å². The van der Waals surface area contributed by atoms with Crippen molar-refractivity contribution in [3.05, 3.63) is 71.8 Å². The van der Waals surface area contributed by atoms with E-state index in [1.165, 1.54) is 0 Å². The Hall–Kier alpha value is -1.90. The van der Waals surface area contributed by atoms with E-state index in [1.807, 2.05) is 36.4 Å². The van der Waals surface area contributed by atoms with E-state index in [4.69, 9.17) is 27.3 Å². The predicted octanol–water partition coefficient (Wildman–Crippen LogP) is 1.73. The molecular formula is C22H26O10S2. The van der Waals surface area contributed by atoms with Crippen molar-refractivity contribution in [1.82, 2.24) is 0 Å². The van der Waals surface area contributed by atoms with Gasteiger partial charge in [-0.15, -0.1) is 0 Å². The van der Waals surface area contributed by atoms with E-state index < -0.39 is 57.2 Å². The first-order valence-corrected chi connectivity index (χ1v) is 14.1. The molecule has 2 fully saturated rings. The largest absolute Gasteiger partial charge is 0.346 e. The molecule has 0 radical (unpaired) electrons. The Kier molecular flexibility index (Phi) is 7.69. The lowest BCUT2D eigenvalue weighted by molar-refractivity contribution is -0.355. The number of hydrogen-bond acceptors (Lipinski definition) is 10. The summed E-state index contributed by atoms with van der Waals surface area (Å²) < 4.78 is 82.6. The summed E-state index contributed by atoms with van der Waals surface area (Å²) in [4.78, 5) is 0. The van der Waals surface area contributed by atoms with Crippen LogP contribution < -0.4 is 0 Å². The van der Waals surface area contributed by atoms with Gasteiger partial charge >= 0.3 is 0 Å². The van der Waals surface area contributed by atoms with Crippen LogP contribution >= 0.6 is 0 Å². The van der Waals surface area contributed by atoms with Crippen molar-refractivity contribution in [1.29, 1.82) is 0 Å². The van der Waals surface area contributed by atoms with Gasteiger partial charge in [0.25, 0.3) is 20.2 Å². The maximum absolute atomic E-state index is 12.1. The van der Waals surface area contributed by atoms with Crippen LogP contribution in [0.1, 0.15) is 17.4 Å². The lowest BCUT2D eigenvalue weighted by atomic mass is 9.98. The maximum atomic E-state index is 12.1. The standard InChI is InChI=1S/C22H26O10S2/c1-33(23,24)31-19-18-17(14-28-21(30-18)16-11-7-4-8-12-16)29-22(20(19)32-34(2,25)26)27-13-15-9-5-3-6-10-15/h3-12,17-22H,13-14H2,1-2H3/t17-,18+,19-,20+,21+,22-/m0/s1. The number of rotatable bonds is 8. The van der Waals surface area contributed by atoms with Gasteiger partial charge in [-0.25, -0.2) is 0 Å². The Morgan fingerprint density at radius 1 is 0.824 bits per heavy atom. The Morgan fingerprint density at radius 3 is 2.03 bits per heavy atom. The summed E-state index contributed by atoms with van der Waals surface area (Å²) in [6.07, 6.45) is -5.04. The van der Waals surface area contributed by atoms with Crippen molar-refractivity contribution in [3.8, 4) is 0 Å². The SMILES string of the molecule is CS(=O)(=O)O[C@@H]1[C@@H](OS(C)(=O)=O)[C@@H](OCc2ccccc2)O[C@H]2CO[C@@H](c3ccccc3)O[C@@H]12. The summed E-state index contributed by atoms with van der Waals surface area (Å²) in [6.45, 7) is 0.0944. The van der Waals surface area contributed by atoms with E-state index in [0.29, 0.717) is 5.56 Å². The fourth-order valence-electron chi connectivity index (χ4n) is 3.83. The number of hydrogen-bond donors (Lipinski definition) is 0. The van der Waals surface area contributed by atoms with Gasteiger partial charge in [0, 0.05) is 5.56 Å². The summed E-state index contributed by atoms with van der Waals surface area (Å²) in [5.41, 5.74) is 1.49. The minimum absolute atomic E-state index is 0.0324. The van der Waals surface area contributed by atoms with Gasteiger partial charge in [-0.2, -0.15) is 16.8 Å². The second-order valence-electron chi connectivity index (χ2n) is 8.05. The quantitative estimate of drug-likeness (QED) is 0.481. The van der Waals surface area contributed by atoms with Gasteiger partial charge < -0.3 is 18.9 Å². The lowest BCUT2D eigenvalue weighted by Gasteiger charge is -2.47. The first kappa shape index (κ1) is 25.2. The Labute approximate surface area is 198 Å². The lowest BCUT2D eigenvalue weighted by Crippen LogP contribution is -2.64. The van der Waals surface area contributed by atoms with Gasteiger partial charge in [0.15, 0.2) is 18.7 Å². The predicted molar refractivity (Wildman–Crippen MR) is 119 cm³/mol. The first-order chi connectivity index (χ1) is 16.1. The highest BCUT2D eigenvalue weighted by Gasteiger charge is 2.54. The molecule has 10 nitrogen and oxygen atoms in total. The van der Waals surface area contributed by atoms with Crippen LogP contribution in [0.3, 0.4) is 0 Å². The van der Waals surface area contributed by atoms with Crippen LogP contribution in [0.2, 0.25) is 0 Å². The molecular weight excluding hydrogens is 488 g/mol. The van der Waals surface area contributed by atoms with Crippen molar-refractivity contribution in [2.75, 3.05) is 19.1 Å². The Morgan fingerprint density at radius 2 is 1.41 bits per heavy atom. The van der Waals surface area contributed by atoms with Crippen LogP contribution in [0.4, 0.5) is 0 Å². The molecule has 0 saturated carbocycles. The van der Waals surface area contributed by atoms with E-state index >= 15 is 0 Å². The topological polar surface area (TPSA) is 124 Å². The molecule has 4 rings (SSSR count). The molecule has 0 amide bonds. The number of benzene rings is 2. The fourth-order valence-corrected chi connectivity index (χ4v) is 5.06. The first-order valence-electron chi connectivity index (χ1n) is 10.5. The molecule has 0 bridgehead atoms. The van der Waals surface area contributed by atoms with E-state index in [1.54, 1.807) is 24.3 Å². The average molecular weight is 515 g/mol. The summed E-state index contributed by atoms with van der Waals surface area (Å²) in [5.74, 6) is 0. The van der Waals surface area contributed by atoms with Crippen LogP contribution in [0.5, 0.6) is 0 Å². The van der Waals surface area contributed by atoms with Crippen molar-refractivity contribution < 1.29 is 44.1 Å². The molecule has 2 aliphatic rings. The second kappa shape index (κ2) is 10.4. The molecule has 2 heterocycles. The highest BCUT2D eigenvalue weighted by atomic mass is 32.2. The zero-order valence-electron chi connectivity index (χ0n) is 18.6. The molecule has 2 saturated heterocycles. The summed E-state index contributed by atoms with van der Waals surface area (Å²) in [5, 5.41) is 0. The van der Waals surface area contributed by atoms with E-state index in [0.717, 1.165) is 18.1 Å². The summed E-state index contributed by atoms with van der Waals surface area (Å²) in [6, 6.07) is 18.1. The average Bonchev–Trinajstić information content (AvgIpc) is 2.79. The number of ether oxygens (including phenoxy) is 4. The van der Waals surface area contributed by atoms with Gasteiger partial charge in [-0.1, -0.05) is 60.7 Å². The summed E-state index contributed by atoms with van der Waals surface area (Å²) in [7, 11) is -8.10. The Bertz CT molecular complexity index is 1150. The van der Waals surface area contributed by atoms with Gasteiger partial charge in [-0.05, 0) is 5.56 Å². The van der Waals surface area contributed by atoms with Crippen molar-refractivity contribution in [3.63, 3.8) is 0 Å². The molecule has 6 atom stereocenters. The molecule has 2 aliphatic heterocycles. The fraction of sp³-hybridized carbons (Fsp3) is 0.455. The normalized spacial score (nSPS) is 29.9. The molecule has 0 aromatic heterocycles. The van der Waals surface area contributed by atoms with E-state index in [9.17, 15) is 16.8 Å². The van der Waals surface area contributed by atoms with Crippen LogP contribution in [-0.4, -0.2) is 66.7 Å². The molecule has 0 aliphatic carbocycles. The molecule has 12 heteroatoms. The van der Waals surface area contributed by atoms with Crippen molar-refractivity contribution >= 4 is 20.2 Å². The van der Waals surface area contributed by atoms with Crippen LogP contribution in [-0.2, 0) is 54.2 Å². The van der Waals surface area contributed by atoms with Gasteiger partial charge in [0.05, 0.1) is 25.7 Å². The minimum Gasteiger partial charge on any atom is -0.346 e. The molecule has 2 aromatic rings. The third kappa shape index (κ3) is 6.61. The molecule has 0 unspecified atom stereocenters. The van der Waals surface area contributed by atoms with Gasteiger partial charge in [0.2, 0.25) is 0 Å². The van der Waals surface area contributed by atoms with Crippen LogP contribution in [0.15, 0.2) is 60.7 Å². The second-order valence-corrected chi connectivity index (χ2v) is 11.2.